The van der Waals surface area contributed by atoms with Crippen molar-refractivity contribution in [3.8, 4) is 0 Å². The van der Waals surface area contributed by atoms with Gasteiger partial charge in [0.25, 0.3) is 5.56 Å². The van der Waals surface area contributed by atoms with Crippen molar-refractivity contribution >= 4 is 16.4 Å². The third-order valence-electron chi connectivity index (χ3n) is 2.25. The van der Waals surface area contributed by atoms with Crippen molar-refractivity contribution in [3.63, 3.8) is 0 Å². The van der Waals surface area contributed by atoms with Crippen molar-refractivity contribution < 1.29 is 0 Å². The van der Waals surface area contributed by atoms with Gasteiger partial charge in [0, 0.05) is 23.8 Å². The molecule has 3 heterocycles. The first-order chi connectivity index (χ1) is 6.36. The first-order valence-corrected chi connectivity index (χ1v) is 4.05. The van der Waals surface area contributed by atoms with E-state index in [9.17, 15) is 4.79 Å². The molecule has 0 fully saturated rings. The van der Waals surface area contributed by atoms with Crippen molar-refractivity contribution in [2.24, 2.45) is 0 Å². The number of nitrogens with zero attached hydrogens (tertiary/aromatic N) is 2. The van der Waals surface area contributed by atoms with Gasteiger partial charge in [0.2, 0.25) is 0 Å². The van der Waals surface area contributed by atoms with Crippen molar-refractivity contribution in [3.05, 3.63) is 47.0 Å². The van der Waals surface area contributed by atoms with E-state index < -0.39 is 0 Å². The van der Waals surface area contributed by atoms with E-state index in [4.69, 9.17) is 0 Å². The Bertz CT molecular complexity index is 627. The number of hydrogen-bond acceptors (Lipinski definition) is 2. The lowest BCUT2D eigenvalue weighted by atomic mass is 10.2. The highest BCUT2D eigenvalue weighted by molar-refractivity contribution is 5.93. The second-order valence-electron chi connectivity index (χ2n) is 2.99. The quantitative estimate of drug-likeness (QED) is 0.509. The molecule has 3 aromatic rings. The third kappa shape index (κ3) is 0.731. The van der Waals surface area contributed by atoms with Crippen LogP contribution in [0.25, 0.3) is 16.4 Å². The standard InChI is InChI=1S/C10H6N2O/c13-9-2-1-8-10-7(3-5-11-8)4-6-12(9)10/h1-6H. The highest BCUT2D eigenvalue weighted by Crippen LogP contribution is 2.16. The van der Waals surface area contributed by atoms with E-state index in [2.05, 4.69) is 4.98 Å². The minimum Gasteiger partial charge on any atom is -0.281 e. The van der Waals surface area contributed by atoms with Gasteiger partial charge in [0.15, 0.2) is 0 Å². The van der Waals surface area contributed by atoms with Gasteiger partial charge >= 0.3 is 0 Å². The lowest BCUT2D eigenvalue weighted by molar-refractivity contribution is 1.13. The number of hydrogen-bond donors (Lipinski definition) is 0. The first-order valence-electron chi connectivity index (χ1n) is 4.05. The van der Waals surface area contributed by atoms with E-state index in [0.717, 1.165) is 16.4 Å². The molecule has 0 atom stereocenters. The van der Waals surface area contributed by atoms with E-state index >= 15 is 0 Å². The Morgan fingerprint density at radius 1 is 1.15 bits per heavy atom. The molecule has 0 saturated carbocycles. The normalized spacial score (nSPS) is 11.4. The Hall–Kier alpha value is -1.90. The highest BCUT2D eigenvalue weighted by Gasteiger charge is 2.03. The fourth-order valence-electron chi connectivity index (χ4n) is 1.65. The molecule has 62 valence electrons. The molecule has 0 amide bonds. The molecule has 0 aliphatic heterocycles. The number of rotatable bonds is 0. The summed E-state index contributed by atoms with van der Waals surface area (Å²) in [5, 5.41) is 1.06. The van der Waals surface area contributed by atoms with Gasteiger partial charge in [-0.1, -0.05) is 0 Å². The summed E-state index contributed by atoms with van der Waals surface area (Å²) in [4.78, 5) is 15.6. The van der Waals surface area contributed by atoms with Gasteiger partial charge in [0.05, 0.1) is 11.0 Å². The molecule has 3 heteroatoms. The molecular weight excluding hydrogens is 164 g/mol. The maximum atomic E-state index is 11.4. The molecule has 3 aromatic heterocycles. The van der Waals surface area contributed by atoms with Crippen LogP contribution < -0.4 is 5.56 Å². The average Bonchev–Trinajstić information content (AvgIpc) is 2.57. The van der Waals surface area contributed by atoms with Crippen LogP contribution in [-0.4, -0.2) is 9.38 Å². The topological polar surface area (TPSA) is 34.4 Å². The van der Waals surface area contributed by atoms with Gasteiger partial charge < -0.3 is 0 Å². The summed E-state index contributed by atoms with van der Waals surface area (Å²) >= 11 is 0. The SMILES string of the molecule is O=c1ccc2nccc3ccn1c32. The summed E-state index contributed by atoms with van der Waals surface area (Å²) in [6, 6.07) is 7.12. The molecule has 0 saturated heterocycles. The highest BCUT2D eigenvalue weighted by atomic mass is 16.1. The van der Waals surface area contributed by atoms with Crippen molar-refractivity contribution in [2.75, 3.05) is 0 Å². The predicted molar refractivity (Wildman–Crippen MR) is 50.2 cm³/mol. The van der Waals surface area contributed by atoms with Crippen LogP contribution in [0.5, 0.6) is 0 Å². The Labute approximate surface area is 73.6 Å². The van der Waals surface area contributed by atoms with Crippen molar-refractivity contribution in [1.29, 1.82) is 0 Å². The molecule has 0 bridgehead atoms. The largest absolute Gasteiger partial charge is 0.281 e. The summed E-state index contributed by atoms with van der Waals surface area (Å²) < 4.78 is 1.62. The molecule has 0 radical (unpaired) electrons. The van der Waals surface area contributed by atoms with E-state index in [1.807, 2.05) is 12.1 Å². The minimum absolute atomic E-state index is 0.00417. The minimum atomic E-state index is -0.00417. The second kappa shape index (κ2) is 2.07. The van der Waals surface area contributed by atoms with E-state index in [-0.39, 0.29) is 5.56 Å². The molecule has 3 rings (SSSR count). The first kappa shape index (κ1) is 6.60. The molecule has 0 N–H and O–H groups in total. The zero-order valence-corrected chi connectivity index (χ0v) is 6.77. The Kier molecular flexibility index (Phi) is 1.05. The van der Waals surface area contributed by atoms with Gasteiger partial charge in [-0.05, 0) is 18.2 Å². The molecule has 13 heavy (non-hydrogen) atoms. The summed E-state index contributed by atoms with van der Waals surface area (Å²) in [7, 11) is 0. The number of pyridine rings is 2. The zero-order valence-electron chi connectivity index (χ0n) is 6.77. The summed E-state index contributed by atoms with van der Waals surface area (Å²) in [6.45, 7) is 0. The summed E-state index contributed by atoms with van der Waals surface area (Å²) in [5.74, 6) is 0. The maximum Gasteiger partial charge on any atom is 0.255 e. The lowest BCUT2D eigenvalue weighted by Crippen LogP contribution is -2.09. The summed E-state index contributed by atoms with van der Waals surface area (Å²) in [6.07, 6.45) is 3.53. The van der Waals surface area contributed by atoms with Crippen LogP contribution in [0.2, 0.25) is 0 Å². The maximum absolute atomic E-state index is 11.4. The van der Waals surface area contributed by atoms with Gasteiger partial charge in [0.1, 0.15) is 0 Å². The zero-order chi connectivity index (χ0) is 8.84. The Balaban J connectivity index is 2.81. The van der Waals surface area contributed by atoms with Crippen LogP contribution in [0.1, 0.15) is 0 Å². The Morgan fingerprint density at radius 2 is 2.08 bits per heavy atom. The molecule has 0 aromatic carbocycles. The fraction of sp³-hybridized carbons (Fsp3) is 0. The molecule has 0 unspecified atom stereocenters. The van der Waals surface area contributed by atoms with Crippen molar-refractivity contribution in [2.45, 2.75) is 0 Å². The van der Waals surface area contributed by atoms with Crippen LogP contribution in [0.4, 0.5) is 0 Å². The lowest BCUT2D eigenvalue weighted by Gasteiger charge is -1.96. The fourth-order valence-corrected chi connectivity index (χ4v) is 1.65. The van der Waals surface area contributed by atoms with Crippen molar-refractivity contribution in [1.82, 2.24) is 9.38 Å². The van der Waals surface area contributed by atoms with Gasteiger partial charge in [-0.2, -0.15) is 0 Å². The smallest absolute Gasteiger partial charge is 0.255 e. The van der Waals surface area contributed by atoms with Gasteiger partial charge in [-0.3, -0.25) is 14.2 Å². The predicted octanol–water partition coefficient (Wildman–Crippen LogP) is 1.29. The van der Waals surface area contributed by atoms with Crippen LogP contribution in [0.15, 0.2) is 41.5 Å². The Morgan fingerprint density at radius 3 is 3.00 bits per heavy atom. The summed E-state index contributed by atoms with van der Waals surface area (Å²) in [5.41, 5.74) is 1.77. The van der Waals surface area contributed by atoms with Crippen LogP contribution >= 0.6 is 0 Å². The molecule has 0 spiro atoms. The van der Waals surface area contributed by atoms with E-state index in [0.29, 0.717) is 0 Å². The average molecular weight is 170 g/mol. The monoisotopic (exact) mass is 170 g/mol. The van der Waals surface area contributed by atoms with Crippen LogP contribution in [0.3, 0.4) is 0 Å². The van der Waals surface area contributed by atoms with E-state index in [1.165, 1.54) is 6.07 Å². The van der Waals surface area contributed by atoms with Crippen LogP contribution in [-0.2, 0) is 0 Å². The van der Waals surface area contributed by atoms with E-state index in [1.54, 1.807) is 22.9 Å². The third-order valence-corrected chi connectivity index (χ3v) is 2.25. The molecular formula is C10H6N2O. The second-order valence-corrected chi connectivity index (χ2v) is 2.99. The van der Waals surface area contributed by atoms with Gasteiger partial charge in [-0.25, -0.2) is 0 Å². The van der Waals surface area contributed by atoms with Gasteiger partial charge in [-0.15, -0.1) is 0 Å². The number of aromatic nitrogens is 2. The van der Waals surface area contributed by atoms with Crippen LogP contribution in [0, 0.1) is 0 Å². The molecule has 0 aliphatic carbocycles. The molecule has 3 nitrogen and oxygen atoms in total. The molecule has 0 aliphatic rings.